The summed E-state index contributed by atoms with van der Waals surface area (Å²) in [6, 6.07) is 24.0. The average Bonchev–Trinajstić information content (AvgIpc) is 3.13. The summed E-state index contributed by atoms with van der Waals surface area (Å²) in [4.78, 5) is 0.0587. The molecular formula is C22H18ClN3O2S. The molecular weight excluding hydrogens is 406 g/mol. The van der Waals surface area contributed by atoms with E-state index in [9.17, 15) is 8.42 Å². The highest BCUT2D eigenvalue weighted by Gasteiger charge is 2.15. The standard InChI is InChI=1S/C22H18ClN3O2S/c1-15-3-2-4-17(13-15)22-14-21(16-5-7-18(23)8-6-16)25-26(22)19-9-11-20(12-10-19)29(24,27)28/h2-14H,1H3,(H2,24,27,28). The lowest BCUT2D eigenvalue weighted by Crippen LogP contribution is -2.12. The van der Waals surface area contributed by atoms with Crippen LogP contribution in [0.2, 0.25) is 5.02 Å². The Bertz CT molecular complexity index is 1280. The molecule has 0 spiro atoms. The van der Waals surface area contributed by atoms with Gasteiger partial charge in [0.1, 0.15) is 0 Å². The lowest BCUT2D eigenvalue weighted by molar-refractivity contribution is 0.598. The second-order valence-electron chi connectivity index (χ2n) is 6.74. The second kappa shape index (κ2) is 7.48. The van der Waals surface area contributed by atoms with Crippen molar-refractivity contribution in [1.82, 2.24) is 9.78 Å². The maximum atomic E-state index is 11.6. The summed E-state index contributed by atoms with van der Waals surface area (Å²) < 4.78 is 24.9. The molecule has 0 saturated carbocycles. The molecule has 4 aromatic rings. The van der Waals surface area contributed by atoms with Crippen LogP contribution in [0.4, 0.5) is 0 Å². The fourth-order valence-corrected chi connectivity index (χ4v) is 3.77. The van der Waals surface area contributed by atoms with Gasteiger partial charge >= 0.3 is 0 Å². The third kappa shape index (κ3) is 4.10. The molecule has 4 rings (SSSR count). The summed E-state index contributed by atoms with van der Waals surface area (Å²) in [6.07, 6.45) is 0. The van der Waals surface area contributed by atoms with Crippen molar-refractivity contribution in [1.29, 1.82) is 0 Å². The number of aryl methyl sites for hydroxylation is 1. The van der Waals surface area contributed by atoms with E-state index in [2.05, 4.69) is 6.07 Å². The Hall–Kier alpha value is -2.93. The summed E-state index contributed by atoms with van der Waals surface area (Å²) in [5, 5.41) is 10.6. The molecule has 0 amide bonds. The van der Waals surface area contributed by atoms with Crippen LogP contribution in [0, 0.1) is 6.92 Å². The number of sulfonamides is 1. The largest absolute Gasteiger partial charge is 0.238 e. The molecule has 0 saturated heterocycles. The van der Waals surface area contributed by atoms with Crippen LogP contribution in [0.1, 0.15) is 5.56 Å². The van der Waals surface area contributed by atoms with Crippen LogP contribution in [0.15, 0.2) is 83.8 Å². The topological polar surface area (TPSA) is 78.0 Å². The highest BCUT2D eigenvalue weighted by molar-refractivity contribution is 7.89. The van der Waals surface area contributed by atoms with E-state index in [1.165, 1.54) is 12.1 Å². The molecule has 3 aromatic carbocycles. The van der Waals surface area contributed by atoms with Crippen molar-refractivity contribution < 1.29 is 8.42 Å². The van der Waals surface area contributed by atoms with Gasteiger partial charge in [0.25, 0.3) is 0 Å². The van der Waals surface area contributed by atoms with Crippen molar-refractivity contribution in [3.63, 3.8) is 0 Å². The maximum Gasteiger partial charge on any atom is 0.238 e. The first-order chi connectivity index (χ1) is 13.8. The first-order valence-electron chi connectivity index (χ1n) is 8.87. The highest BCUT2D eigenvalue weighted by atomic mass is 35.5. The zero-order valence-electron chi connectivity index (χ0n) is 15.6. The monoisotopic (exact) mass is 423 g/mol. The summed E-state index contributed by atoms with van der Waals surface area (Å²) in [5.41, 5.74) is 5.48. The van der Waals surface area contributed by atoms with Gasteiger partial charge in [-0.25, -0.2) is 18.2 Å². The molecule has 0 aliphatic heterocycles. The van der Waals surface area contributed by atoms with Gasteiger partial charge in [0.2, 0.25) is 10.0 Å². The van der Waals surface area contributed by atoms with E-state index >= 15 is 0 Å². The summed E-state index contributed by atoms with van der Waals surface area (Å²) in [5.74, 6) is 0. The smallest absolute Gasteiger partial charge is 0.232 e. The Morgan fingerprint density at radius 3 is 2.21 bits per heavy atom. The number of rotatable bonds is 4. The van der Waals surface area contributed by atoms with E-state index in [0.29, 0.717) is 5.02 Å². The average molecular weight is 424 g/mol. The van der Waals surface area contributed by atoms with Crippen LogP contribution in [0.3, 0.4) is 0 Å². The molecule has 7 heteroatoms. The number of nitrogens with zero attached hydrogens (tertiary/aromatic N) is 2. The number of primary sulfonamides is 1. The van der Waals surface area contributed by atoms with Gasteiger partial charge in [0, 0.05) is 16.1 Å². The van der Waals surface area contributed by atoms with E-state index in [1.54, 1.807) is 16.8 Å². The molecule has 0 fully saturated rings. The minimum absolute atomic E-state index is 0.0587. The maximum absolute atomic E-state index is 11.6. The highest BCUT2D eigenvalue weighted by Crippen LogP contribution is 2.30. The number of aromatic nitrogens is 2. The van der Waals surface area contributed by atoms with Crippen LogP contribution in [-0.4, -0.2) is 18.2 Å². The van der Waals surface area contributed by atoms with Crippen LogP contribution < -0.4 is 5.14 Å². The van der Waals surface area contributed by atoms with E-state index in [-0.39, 0.29) is 4.90 Å². The molecule has 0 unspecified atom stereocenters. The number of benzene rings is 3. The van der Waals surface area contributed by atoms with Gasteiger partial charge in [-0.3, -0.25) is 0 Å². The molecule has 1 heterocycles. The SMILES string of the molecule is Cc1cccc(-c2cc(-c3ccc(Cl)cc3)nn2-c2ccc(S(N)(=O)=O)cc2)c1. The first kappa shape index (κ1) is 19.4. The molecule has 5 nitrogen and oxygen atoms in total. The normalized spacial score (nSPS) is 11.6. The molecule has 1 aromatic heterocycles. The van der Waals surface area contributed by atoms with Gasteiger partial charge in [-0.05, 0) is 55.5 Å². The predicted octanol–water partition coefficient (Wildman–Crippen LogP) is 4.82. The lowest BCUT2D eigenvalue weighted by atomic mass is 10.1. The Morgan fingerprint density at radius 2 is 1.59 bits per heavy atom. The number of nitrogens with two attached hydrogens (primary N) is 1. The summed E-state index contributed by atoms with van der Waals surface area (Å²) in [6.45, 7) is 2.03. The van der Waals surface area contributed by atoms with Gasteiger partial charge < -0.3 is 0 Å². The van der Waals surface area contributed by atoms with Crippen LogP contribution in [0.5, 0.6) is 0 Å². The minimum Gasteiger partial charge on any atom is -0.232 e. The fourth-order valence-electron chi connectivity index (χ4n) is 3.13. The molecule has 146 valence electrons. The van der Waals surface area contributed by atoms with Crippen molar-refractivity contribution >= 4 is 21.6 Å². The van der Waals surface area contributed by atoms with Crippen molar-refractivity contribution in [2.75, 3.05) is 0 Å². The van der Waals surface area contributed by atoms with Crippen LogP contribution in [0.25, 0.3) is 28.2 Å². The summed E-state index contributed by atoms with van der Waals surface area (Å²) >= 11 is 6.01. The second-order valence-corrected chi connectivity index (χ2v) is 8.74. The van der Waals surface area contributed by atoms with Crippen LogP contribution in [-0.2, 0) is 10.0 Å². The van der Waals surface area contributed by atoms with Gasteiger partial charge in [-0.15, -0.1) is 0 Å². The van der Waals surface area contributed by atoms with Crippen molar-refractivity contribution in [3.8, 4) is 28.2 Å². The van der Waals surface area contributed by atoms with Crippen molar-refractivity contribution in [3.05, 3.63) is 89.4 Å². The fraction of sp³-hybridized carbons (Fsp3) is 0.0455. The first-order valence-corrected chi connectivity index (χ1v) is 10.8. The van der Waals surface area contributed by atoms with Gasteiger partial charge in [0.15, 0.2) is 0 Å². The van der Waals surface area contributed by atoms with Gasteiger partial charge in [-0.1, -0.05) is 47.5 Å². The van der Waals surface area contributed by atoms with E-state index in [1.807, 2.05) is 55.5 Å². The Kier molecular flexibility index (Phi) is 5.00. The van der Waals surface area contributed by atoms with E-state index in [4.69, 9.17) is 21.8 Å². The van der Waals surface area contributed by atoms with Gasteiger partial charge in [-0.2, -0.15) is 5.10 Å². The zero-order valence-corrected chi connectivity index (χ0v) is 17.2. The molecule has 0 aliphatic rings. The molecule has 0 aliphatic carbocycles. The number of hydrogen-bond donors (Lipinski definition) is 1. The Balaban J connectivity index is 1.88. The third-order valence-electron chi connectivity index (χ3n) is 4.57. The Labute approximate surface area is 174 Å². The van der Waals surface area contributed by atoms with Crippen molar-refractivity contribution in [2.24, 2.45) is 5.14 Å². The molecule has 0 atom stereocenters. The summed E-state index contributed by atoms with van der Waals surface area (Å²) in [7, 11) is -3.75. The molecule has 0 radical (unpaired) electrons. The van der Waals surface area contributed by atoms with Crippen molar-refractivity contribution in [2.45, 2.75) is 11.8 Å². The molecule has 29 heavy (non-hydrogen) atoms. The number of halogens is 1. The lowest BCUT2D eigenvalue weighted by Gasteiger charge is -2.09. The minimum atomic E-state index is -3.75. The number of hydrogen-bond acceptors (Lipinski definition) is 3. The Morgan fingerprint density at radius 1 is 0.897 bits per heavy atom. The quantitative estimate of drug-likeness (QED) is 0.511. The molecule has 0 bridgehead atoms. The van der Waals surface area contributed by atoms with Crippen LogP contribution >= 0.6 is 11.6 Å². The third-order valence-corrected chi connectivity index (χ3v) is 5.75. The predicted molar refractivity (Wildman–Crippen MR) is 116 cm³/mol. The molecule has 2 N–H and O–H groups in total. The van der Waals surface area contributed by atoms with E-state index < -0.39 is 10.0 Å². The van der Waals surface area contributed by atoms with E-state index in [0.717, 1.165) is 33.8 Å². The zero-order chi connectivity index (χ0) is 20.6. The van der Waals surface area contributed by atoms with Gasteiger partial charge in [0.05, 0.1) is 22.0 Å².